The predicted octanol–water partition coefficient (Wildman–Crippen LogP) is 3.41. The molecule has 2 fully saturated rings. The van der Waals surface area contributed by atoms with Crippen LogP contribution in [0.5, 0.6) is 0 Å². The summed E-state index contributed by atoms with van der Waals surface area (Å²) in [6, 6.07) is -1.21. The monoisotopic (exact) mass is 467 g/mol. The molecule has 0 spiro atoms. The summed E-state index contributed by atoms with van der Waals surface area (Å²) in [6.45, 7) is 1.28. The van der Waals surface area contributed by atoms with Crippen molar-refractivity contribution in [2.45, 2.75) is 30.6 Å². The number of hydrogen-bond donors (Lipinski definition) is 2. The highest BCUT2D eigenvalue weighted by Gasteiger charge is 2.48. The second-order valence-electron chi connectivity index (χ2n) is 7.34. The zero-order valence-corrected chi connectivity index (χ0v) is 17.0. The number of nitrogens with one attached hydrogen (secondary N) is 2. The Morgan fingerprint density at radius 1 is 1.26 bits per heavy atom. The van der Waals surface area contributed by atoms with E-state index in [1.807, 2.05) is 4.90 Å². The minimum atomic E-state index is -4.64. The third kappa shape index (κ3) is 4.26. The Morgan fingerprint density at radius 2 is 2.00 bits per heavy atom. The van der Waals surface area contributed by atoms with Crippen LogP contribution in [0.2, 0.25) is 5.15 Å². The number of ether oxygens (including phenoxy) is 1. The second-order valence-corrected chi connectivity index (χ2v) is 7.69. The lowest BCUT2D eigenvalue weighted by atomic mass is 9.99. The first-order valence-corrected chi connectivity index (χ1v) is 9.79. The van der Waals surface area contributed by atoms with E-state index in [0.717, 1.165) is 4.68 Å². The smallest absolute Gasteiger partial charge is 0.378 e. The number of halogens is 6. The highest BCUT2D eigenvalue weighted by Crippen LogP contribution is 2.41. The van der Waals surface area contributed by atoms with E-state index >= 15 is 0 Å². The van der Waals surface area contributed by atoms with Gasteiger partial charge in [0, 0.05) is 32.8 Å². The molecule has 4 heterocycles. The zero-order chi connectivity index (χ0) is 22.4. The molecular formula is C17H19ClF5N7O. The molecule has 2 aliphatic heterocycles. The molecule has 1 atom stereocenters. The summed E-state index contributed by atoms with van der Waals surface area (Å²) >= 11 is 6.30. The molecule has 0 unspecified atom stereocenters. The Labute approximate surface area is 178 Å². The van der Waals surface area contributed by atoms with Crippen molar-refractivity contribution in [3.8, 4) is 0 Å². The van der Waals surface area contributed by atoms with Gasteiger partial charge in [-0.15, -0.1) is 0 Å². The Balaban J connectivity index is 1.56. The first-order valence-electron chi connectivity index (χ1n) is 9.42. The molecule has 4 rings (SSSR count). The molecule has 0 aliphatic carbocycles. The highest BCUT2D eigenvalue weighted by atomic mass is 35.5. The van der Waals surface area contributed by atoms with Crippen LogP contribution in [-0.4, -0.2) is 70.0 Å². The first-order chi connectivity index (χ1) is 14.6. The molecule has 170 valence electrons. The number of anilines is 3. The lowest BCUT2D eigenvalue weighted by Crippen LogP contribution is -2.57. The summed E-state index contributed by atoms with van der Waals surface area (Å²) in [5, 5.41) is 8.88. The van der Waals surface area contributed by atoms with E-state index < -0.39 is 29.5 Å². The Kier molecular flexibility index (Phi) is 5.68. The topological polar surface area (TPSA) is 80.1 Å². The maximum absolute atomic E-state index is 14.6. The molecule has 0 bridgehead atoms. The molecule has 8 nitrogen and oxygen atoms in total. The van der Waals surface area contributed by atoms with Crippen LogP contribution in [0, 0.1) is 0 Å². The minimum absolute atomic E-state index is 0.0442. The number of rotatable bonds is 5. The molecule has 31 heavy (non-hydrogen) atoms. The number of nitrogens with zero attached hydrogens (tertiary/aromatic N) is 5. The van der Waals surface area contributed by atoms with Gasteiger partial charge in [0.2, 0.25) is 5.95 Å². The van der Waals surface area contributed by atoms with E-state index in [1.165, 1.54) is 13.2 Å². The van der Waals surface area contributed by atoms with Gasteiger partial charge in [-0.1, -0.05) is 11.6 Å². The first kappa shape index (κ1) is 22.0. The van der Waals surface area contributed by atoms with E-state index in [0.29, 0.717) is 19.4 Å². The largest absolute Gasteiger partial charge is 0.421 e. The van der Waals surface area contributed by atoms with E-state index in [9.17, 15) is 22.0 Å². The van der Waals surface area contributed by atoms with Gasteiger partial charge in [0.05, 0.1) is 31.1 Å². The van der Waals surface area contributed by atoms with Crippen molar-refractivity contribution in [1.82, 2.24) is 24.6 Å². The summed E-state index contributed by atoms with van der Waals surface area (Å²) in [7, 11) is 1.29. The van der Waals surface area contributed by atoms with Crippen LogP contribution < -0.4 is 10.6 Å². The fourth-order valence-corrected chi connectivity index (χ4v) is 3.79. The molecule has 0 radical (unpaired) electrons. The Hall–Kier alpha value is -2.25. The maximum Gasteiger partial charge on any atom is 0.421 e. The van der Waals surface area contributed by atoms with Crippen molar-refractivity contribution in [1.29, 1.82) is 0 Å². The van der Waals surface area contributed by atoms with Gasteiger partial charge in [-0.2, -0.15) is 23.3 Å². The van der Waals surface area contributed by atoms with E-state index in [4.69, 9.17) is 16.3 Å². The molecule has 2 N–H and O–H groups in total. The van der Waals surface area contributed by atoms with Crippen LogP contribution in [0.15, 0.2) is 12.4 Å². The van der Waals surface area contributed by atoms with Crippen molar-refractivity contribution in [3.63, 3.8) is 0 Å². The van der Waals surface area contributed by atoms with Gasteiger partial charge in [0.25, 0.3) is 5.92 Å². The Morgan fingerprint density at radius 3 is 2.61 bits per heavy atom. The van der Waals surface area contributed by atoms with Gasteiger partial charge in [0.15, 0.2) is 5.15 Å². The van der Waals surface area contributed by atoms with Crippen LogP contribution in [-0.2, 0) is 10.9 Å². The third-order valence-corrected chi connectivity index (χ3v) is 5.75. The lowest BCUT2D eigenvalue weighted by Gasteiger charge is -2.44. The lowest BCUT2D eigenvalue weighted by molar-refractivity contribution is -0.140. The summed E-state index contributed by atoms with van der Waals surface area (Å²) in [5.41, 5.74) is -0.937. The fourth-order valence-electron chi connectivity index (χ4n) is 3.54. The van der Waals surface area contributed by atoms with Gasteiger partial charge < -0.3 is 15.4 Å². The third-order valence-electron chi connectivity index (χ3n) is 5.37. The average molecular weight is 468 g/mol. The summed E-state index contributed by atoms with van der Waals surface area (Å²) in [6.07, 6.45) is -3.15. The number of alkyl halides is 5. The van der Waals surface area contributed by atoms with Gasteiger partial charge in [0.1, 0.15) is 17.4 Å². The van der Waals surface area contributed by atoms with Crippen molar-refractivity contribution in [2.24, 2.45) is 0 Å². The van der Waals surface area contributed by atoms with E-state index in [1.54, 1.807) is 0 Å². The van der Waals surface area contributed by atoms with Gasteiger partial charge in [-0.25, -0.2) is 18.4 Å². The van der Waals surface area contributed by atoms with Crippen molar-refractivity contribution in [3.05, 3.63) is 23.1 Å². The van der Waals surface area contributed by atoms with Gasteiger partial charge in [-0.05, 0) is 0 Å². The van der Waals surface area contributed by atoms with Crippen LogP contribution >= 0.6 is 11.6 Å². The molecule has 0 aromatic carbocycles. The summed E-state index contributed by atoms with van der Waals surface area (Å²) < 4.78 is 74.5. The van der Waals surface area contributed by atoms with Crippen LogP contribution in [0.4, 0.5) is 39.4 Å². The standard InChI is InChI=1S/C17H19ClF5N7O/c1-24-14-10(17(21,22)23)4-25-15(28-14)27-11-5-26-30(13(11)18)12-6-29(9-7-31-8-9)3-2-16(12,19)20/h4-5,9,12H,2-3,6-8H2,1H3,(H2,24,25,27,28)/t12-/m0/s1. The van der Waals surface area contributed by atoms with Crippen molar-refractivity contribution in [2.75, 3.05) is 44.0 Å². The molecule has 2 aromatic heterocycles. The molecule has 2 saturated heterocycles. The summed E-state index contributed by atoms with van der Waals surface area (Å²) in [5.74, 6) is -3.66. The second kappa shape index (κ2) is 8.02. The number of aromatic nitrogens is 4. The normalized spacial score (nSPS) is 22.2. The fraction of sp³-hybridized carbons (Fsp3) is 0.588. The van der Waals surface area contributed by atoms with Crippen LogP contribution in [0.1, 0.15) is 18.0 Å². The average Bonchev–Trinajstić information content (AvgIpc) is 3.01. The molecule has 14 heteroatoms. The summed E-state index contributed by atoms with van der Waals surface area (Å²) in [4.78, 5) is 9.35. The highest BCUT2D eigenvalue weighted by molar-refractivity contribution is 6.32. The maximum atomic E-state index is 14.6. The number of hydrogen-bond acceptors (Lipinski definition) is 7. The van der Waals surface area contributed by atoms with Crippen LogP contribution in [0.3, 0.4) is 0 Å². The van der Waals surface area contributed by atoms with Crippen LogP contribution in [0.25, 0.3) is 0 Å². The predicted molar refractivity (Wildman–Crippen MR) is 102 cm³/mol. The quantitative estimate of drug-likeness (QED) is 0.652. The number of likely N-dealkylation sites (tertiary alicyclic amines) is 1. The molecule has 2 aliphatic rings. The van der Waals surface area contributed by atoms with Crippen molar-refractivity contribution < 1.29 is 26.7 Å². The van der Waals surface area contributed by atoms with Gasteiger partial charge in [-0.3, -0.25) is 4.90 Å². The molecule has 0 saturated carbocycles. The SMILES string of the molecule is CNc1nc(Nc2cnn([C@H]3CN(C4COC4)CCC3(F)F)c2Cl)ncc1C(F)(F)F. The molecule has 0 amide bonds. The number of piperidine rings is 1. The minimum Gasteiger partial charge on any atom is -0.378 e. The van der Waals surface area contributed by atoms with Crippen molar-refractivity contribution >= 4 is 29.1 Å². The van der Waals surface area contributed by atoms with Gasteiger partial charge >= 0.3 is 6.18 Å². The zero-order valence-electron chi connectivity index (χ0n) is 16.3. The molecular weight excluding hydrogens is 449 g/mol. The van der Waals surface area contributed by atoms with E-state index in [-0.39, 0.29) is 42.3 Å². The van der Waals surface area contributed by atoms with E-state index in [2.05, 4.69) is 25.7 Å². The Bertz CT molecular complexity index is 949. The molecule has 2 aromatic rings.